The van der Waals surface area contributed by atoms with E-state index >= 15 is 0 Å². The third kappa shape index (κ3) is 2.13. The molecule has 2 atom stereocenters. The fourth-order valence-electron chi connectivity index (χ4n) is 3.50. The van der Waals surface area contributed by atoms with E-state index in [9.17, 15) is 0 Å². The van der Waals surface area contributed by atoms with Crippen molar-refractivity contribution in [2.45, 2.75) is 25.3 Å². The highest BCUT2D eigenvalue weighted by Gasteiger charge is 2.29. The van der Waals surface area contributed by atoms with Gasteiger partial charge in [0.15, 0.2) is 0 Å². The van der Waals surface area contributed by atoms with E-state index in [0.717, 1.165) is 12.0 Å². The molecule has 2 aliphatic heterocycles. The molecule has 2 bridgehead atoms. The zero-order chi connectivity index (χ0) is 12.7. The van der Waals surface area contributed by atoms with Crippen molar-refractivity contribution in [2.75, 3.05) is 13.1 Å². The second-order valence-corrected chi connectivity index (χ2v) is 6.70. The zero-order valence-electron chi connectivity index (χ0n) is 11.1. The average Bonchev–Trinajstić information content (AvgIpc) is 2.90. The summed E-state index contributed by atoms with van der Waals surface area (Å²) in [7, 11) is 0. The van der Waals surface area contributed by atoms with E-state index in [-0.39, 0.29) is 0 Å². The second-order valence-electron chi connectivity index (χ2n) is 5.79. The summed E-state index contributed by atoms with van der Waals surface area (Å²) in [5.74, 6) is 0.823. The number of hydrogen-bond acceptors (Lipinski definition) is 2. The van der Waals surface area contributed by atoms with Crippen LogP contribution in [-0.2, 0) is 6.42 Å². The molecule has 1 fully saturated rings. The third-order valence-electron chi connectivity index (χ3n) is 4.61. The molecule has 5 rings (SSSR count). The van der Waals surface area contributed by atoms with Crippen LogP contribution in [0.4, 0.5) is 0 Å². The van der Waals surface area contributed by atoms with Gasteiger partial charge in [-0.1, -0.05) is 30.4 Å². The Morgan fingerprint density at radius 1 is 1.16 bits per heavy atom. The molecule has 19 heavy (non-hydrogen) atoms. The Morgan fingerprint density at radius 3 is 2.89 bits per heavy atom. The maximum Gasteiger partial charge on any atom is 0.0345 e. The van der Waals surface area contributed by atoms with Crippen LogP contribution in [0.15, 0.2) is 41.8 Å². The lowest BCUT2D eigenvalue weighted by molar-refractivity contribution is 0.139. The standard InChI is InChI=1S/C17H19NS/c1-2-4-17-16(3-1)14(12-19-17)9-10-18-11-13-5-7-15(18)8-6-13/h1-5,7,12-13,15H,6,8-11H2. The summed E-state index contributed by atoms with van der Waals surface area (Å²) in [4.78, 5) is 2.68. The molecule has 0 N–H and O–H groups in total. The van der Waals surface area contributed by atoms with Gasteiger partial charge < -0.3 is 0 Å². The summed E-state index contributed by atoms with van der Waals surface area (Å²) in [6.07, 6.45) is 8.83. The van der Waals surface area contributed by atoms with Gasteiger partial charge in [-0.25, -0.2) is 0 Å². The monoisotopic (exact) mass is 269 g/mol. The lowest BCUT2D eigenvalue weighted by atomic mass is 9.86. The van der Waals surface area contributed by atoms with Gasteiger partial charge >= 0.3 is 0 Å². The molecule has 2 heteroatoms. The molecule has 1 aliphatic carbocycles. The number of nitrogens with zero attached hydrogens (tertiary/aromatic N) is 1. The molecular formula is C17H19NS. The van der Waals surface area contributed by atoms with Crippen LogP contribution in [-0.4, -0.2) is 24.0 Å². The van der Waals surface area contributed by atoms with Crippen LogP contribution in [0.5, 0.6) is 0 Å². The Labute approximate surface area is 118 Å². The highest BCUT2D eigenvalue weighted by atomic mass is 32.1. The van der Waals surface area contributed by atoms with Crippen LogP contribution >= 0.6 is 11.3 Å². The van der Waals surface area contributed by atoms with Crippen molar-refractivity contribution in [2.24, 2.45) is 5.92 Å². The molecule has 1 aromatic carbocycles. The van der Waals surface area contributed by atoms with Crippen LogP contribution in [0.3, 0.4) is 0 Å². The maximum absolute atomic E-state index is 2.68. The van der Waals surface area contributed by atoms with E-state index in [1.54, 1.807) is 0 Å². The number of rotatable bonds is 3. The summed E-state index contributed by atoms with van der Waals surface area (Å²) >= 11 is 1.88. The van der Waals surface area contributed by atoms with Crippen molar-refractivity contribution in [3.05, 3.63) is 47.4 Å². The van der Waals surface area contributed by atoms with Crippen LogP contribution in [0.1, 0.15) is 18.4 Å². The topological polar surface area (TPSA) is 3.24 Å². The Kier molecular flexibility index (Phi) is 2.93. The summed E-state index contributed by atoms with van der Waals surface area (Å²) in [5, 5.41) is 3.81. The fourth-order valence-corrected chi connectivity index (χ4v) is 4.50. The van der Waals surface area contributed by atoms with Gasteiger partial charge in [0.25, 0.3) is 0 Å². The first-order valence-corrected chi connectivity index (χ1v) is 8.15. The molecule has 3 heterocycles. The first-order chi connectivity index (χ1) is 9.40. The normalized spacial score (nSPS) is 26.3. The minimum atomic E-state index is 0.717. The highest BCUT2D eigenvalue weighted by molar-refractivity contribution is 7.17. The predicted octanol–water partition coefficient (Wildman–Crippen LogP) is 4.09. The molecular weight excluding hydrogens is 250 g/mol. The van der Waals surface area contributed by atoms with Crippen LogP contribution in [0.25, 0.3) is 10.1 Å². The Balaban J connectivity index is 1.49. The molecule has 2 aromatic rings. The molecule has 98 valence electrons. The molecule has 0 spiro atoms. The van der Waals surface area contributed by atoms with Crippen molar-refractivity contribution in [1.82, 2.24) is 4.90 Å². The van der Waals surface area contributed by atoms with Crippen LogP contribution < -0.4 is 0 Å². The number of hydrogen-bond donors (Lipinski definition) is 0. The van der Waals surface area contributed by atoms with E-state index in [2.05, 4.69) is 46.7 Å². The van der Waals surface area contributed by atoms with Gasteiger partial charge in [0.05, 0.1) is 0 Å². The molecule has 0 saturated carbocycles. The fraction of sp³-hybridized carbons (Fsp3) is 0.412. The van der Waals surface area contributed by atoms with Gasteiger partial charge in [-0.15, -0.1) is 11.3 Å². The highest BCUT2D eigenvalue weighted by Crippen LogP contribution is 2.30. The van der Waals surface area contributed by atoms with Gasteiger partial charge in [0.1, 0.15) is 0 Å². The van der Waals surface area contributed by atoms with Crippen molar-refractivity contribution >= 4 is 21.4 Å². The van der Waals surface area contributed by atoms with Crippen LogP contribution in [0.2, 0.25) is 0 Å². The summed E-state index contributed by atoms with van der Waals surface area (Å²) in [6, 6.07) is 9.51. The van der Waals surface area contributed by atoms with Crippen LogP contribution in [0, 0.1) is 5.92 Å². The number of piperidine rings is 1. The van der Waals surface area contributed by atoms with Gasteiger partial charge in [-0.05, 0) is 47.6 Å². The van der Waals surface area contributed by atoms with E-state index in [0.29, 0.717) is 0 Å². The van der Waals surface area contributed by atoms with E-state index in [4.69, 9.17) is 0 Å². The van der Waals surface area contributed by atoms with Crippen molar-refractivity contribution in [3.63, 3.8) is 0 Å². The van der Waals surface area contributed by atoms with Crippen molar-refractivity contribution in [3.8, 4) is 0 Å². The van der Waals surface area contributed by atoms with Crippen molar-refractivity contribution < 1.29 is 0 Å². The van der Waals surface area contributed by atoms with E-state index < -0.39 is 0 Å². The molecule has 1 nitrogen and oxygen atoms in total. The average molecular weight is 269 g/mol. The molecule has 2 unspecified atom stereocenters. The van der Waals surface area contributed by atoms with Gasteiger partial charge in [0.2, 0.25) is 0 Å². The SMILES string of the molecule is C1=CC2CCC1CN2CCc1csc2ccccc12. The van der Waals surface area contributed by atoms with Gasteiger partial charge in [-0.2, -0.15) is 0 Å². The smallest absolute Gasteiger partial charge is 0.0345 e. The third-order valence-corrected chi connectivity index (χ3v) is 5.62. The summed E-state index contributed by atoms with van der Waals surface area (Å²) in [5.41, 5.74) is 1.53. The predicted molar refractivity (Wildman–Crippen MR) is 82.8 cm³/mol. The van der Waals surface area contributed by atoms with Gasteiger partial charge in [0, 0.05) is 23.8 Å². The maximum atomic E-state index is 2.68. The number of benzene rings is 1. The second kappa shape index (κ2) is 4.77. The van der Waals surface area contributed by atoms with E-state index in [1.807, 2.05) is 11.3 Å². The summed E-state index contributed by atoms with van der Waals surface area (Å²) < 4.78 is 1.43. The number of fused-ring (bicyclic) bond motifs is 3. The summed E-state index contributed by atoms with van der Waals surface area (Å²) in [6.45, 7) is 2.50. The lowest BCUT2D eigenvalue weighted by Crippen LogP contribution is -2.45. The lowest BCUT2D eigenvalue weighted by Gasteiger charge is -2.41. The minimum Gasteiger partial charge on any atom is -0.296 e. The largest absolute Gasteiger partial charge is 0.296 e. The van der Waals surface area contributed by atoms with Gasteiger partial charge in [-0.3, -0.25) is 4.90 Å². The minimum absolute atomic E-state index is 0.717. The quantitative estimate of drug-likeness (QED) is 0.758. The molecule has 3 aliphatic rings. The molecule has 1 aromatic heterocycles. The first kappa shape index (κ1) is 11.7. The van der Waals surface area contributed by atoms with Crippen molar-refractivity contribution in [1.29, 1.82) is 0 Å². The first-order valence-electron chi connectivity index (χ1n) is 7.27. The Hall–Kier alpha value is -1.12. The number of thiophene rings is 1. The Morgan fingerprint density at radius 2 is 2.11 bits per heavy atom. The zero-order valence-corrected chi connectivity index (χ0v) is 11.9. The molecule has 0 radical (unpaired) electrons. The van der Waals surface area contributed by atoms with E-state index in [1.165, 1.54) is 48.0 Å². The molecule has 1 saturated heterocycles. The molecule has 0 amide bonds. The Bertz CT molecular complexity index is 613.